The van der Waals surface area contributed by atoms with Gasteiger partial charge in [-0.25, -0.2) is 4.98 Å². The first-order valence-electron chi connectivity index (χ1n) is 15.7. The number of fused-ring (bicyclic) bond motifs is 1. The summed E-state index contributed by atoms with van der Waals surface area (Å²) in [5.41, 5.74) is 9.64. The fraction of sp³-hybridized carbons (Fsp3) is 0.455. The molecule has 2 aromatic heterocycles. The summed E-state index contributed by atoms with van der Waals surface area (Å²) in [4.78, 5) is 26.6. The lowest BCUT2D eigenvalue weighted by molar-refractivity contribution is -0.122. The smallest absolute Gasteiger partial charge is 0.227 e. The SMILES string of the molecule is CCC(=O)N[C@H]1C[C@@H](n2cnc3c(NCC(c4ccccc4)c4ccccc4)nc(NC4CCC(N)CC4)nc32)[C@H](O)[C@@H]1O. The van der Waals surface area contributed by atoms with Gasteiger partial charge in [-0.3, -0.25) is 4.79 Å². The van der Waals surface area contributed by atoms with Crippen LogP contribution < -0.4 is 21.7 Å². The Bertz CT molecular complexity index is 1500. The normalized spacial score (nSPS) is 25.3. The Labute approximate surface area is 257 Å². The van der Waals surface area contributed by atoms with Gasteiger partial charge < -0.3 is 36.5 Å². The molecule has 0 unspecified atom stereocenters. The minimum absolute atomic E-state index is 0.0653. The summed E-state index contributed by atoms with van der Waals surface area (Å²) in [6.07, 6.45) is 3.83. The number of imidazole rings is 1. The van der Waals surface area contributed by atoms with Crippen molar-refractivity contribution in [3.8, 4) is 0 Å². The maximum Gasteiger partial charge on any atom is 0.227 e. The van der Waals surface area contributed by atoms with Crippen LogP contribution in [0, 0.1) is 0 Å². The first-order chi connectivity index (χ1) is 21.4. The van der Waals surface area contributed by atoms with Crippen LogP contribution in [0.4, 0.5) is 11.8 Å². The van der Waals surface area contributed by atoms with Gasteiger partial charge in [0.1, 0.15) is 12.2 Å². The average molecular weight is 599 g/mol. The third kappa shape index (κ3) is 6.40. The number of anilines is 2. The molecule has 0 bridgehead atoms. The Kier molecular flexibility index (Phi) is 9.06. The highest BCUT2D eigenvalue weighted by molar-refractivity contribution is 5.84. The maximum absolute atomic E-state index is 12.1. The first-order valence-corrected chi connectivity index (χ1v) is 15.7. The predicted octanol–water partition coefficient (Wildman–Crippen LogP) is 3.31. The summed E-state index contributed by atoms with van der Waals surface area (Å²) in [6, 6.07) is 20.1. The molecule has 44 heavy (non-hydrogen) atoms. The Morgan fingerprint density at radius 3 is 2.27 bits per heavy atom. The Hall–Kier alpha value is -4.06. The highest BCUT2D eigenvalue weighted by Crippen LogP contribution is 2.35. The van der Waals surface area contributed by atoms with Gasteiger partial charge in [0.2, 0.25) is 11.9 Å². The van der Waals surface area contributed by atoms with Crippen LogP contribution in [0.15, 0.2) is 67.0 Å². The predicted molar refractivity (Wildman–Crippen MR) is 170 cm³/mol. The monoisotopic (exact) mass is 598 g/mol. The summed E-state index contributed by atoms with van der Waals surface area (Å²) >= 11 is 0. The molecule has 4 atom stereocenters. The lowest BCUT2D eigenvalue weighted by Gasteiger charge is -2.27. The minimum Gasteiger partial charge on any atom is -0.388 e. The number of hydrogen-bond acceptors (Lipinski definition) is 9. The van der Waals surface area contributed by atoms with E-state index >= 15 is 0 Å². The molecule has 11 nitrogen and oxygen atoms in total. The lowest BCUT2D eigenvalue weighted by atomic mass is 9.91. The number of nitrogens with zero attached hydrogens (tertiary/aromatic N) is 4. The van der Waals surface area contributed by atoms with E-state index in [1.165, 1.54) is 11.1 Å². The number of aromatic nitrogens is 4. The summed E-state index contributed by atoms with van der Waals surface area (Å²) in [6.45, 7) is 2.33. The zero-order valence-corrected chi connectivity index (χ0v) is 25.0. The van der Waals surface area contributed by atoms with Crippen molar-refractivity contribution in [2.75, 3.05) is 17.2 Å². The number of benzene rings is 2. The number of hydrogen-bond donors (Lipinski definition) is 6. The molecule has 2 fully saturated rings. The van der Waals surface area contributed by atoms with Crippen molar-refractivity contribution in [2.24, 2.45) is 5.73 Å². The molecule has 0 radical (unpaired) electrons. The number of aliphatic hydroxyl groups is 2. The number of carbonyl (C=O) groups excluding carboxylic acids is 1. The van der Waals surface area contributed by atoms with E-state index in [-0.39, 0.29) is 23.9 Å². The third-order valence-corrected chi connectivity index (χ3v) is 9.08. The van der Waals surface area contributed by atoms with E-state index in [2.05, 4.69) is 40.2 Å². The molecule has 0 aliphatic heterocycles. The summed E-state index contributed by atoms with van der Waals surface area (Å²) in [5.74, 6) is 0.957. The number of rotatable bonds is 10. The Morgan fingerprint density at radius 2 is 1.64 bits per heavy atom. The molecular weight excluding hydrogens is 556 g/mol. The van der Waals surface area contributed by atoms with Crippen LogP contribution in [0.5, 0.6) is 0 Å². The summed E-state index contributed by atoms with van der Waals surface area (Å²) in [5, 5.41) is 31.8. The van der Waals surface area contributed by atoms with E-state index in [9.17, 15) is 15.0 Å². The topological polar surface area (TPSA) is 163 Å². The van der Waals surface area contributed by atoms with Crippen LogP contribution in [-0.2, 0) is 4.79 Å². The molecule has 2 aliphatic rings. The largest absolute Gasteiger partial charge is 0.388 e. The van der Waals surface area contributed by atoms with Crippen molar-refractivity contribution in [1.82, 2.24) is 24.8 Å². The van der Waals surface area contributed by atoms with E-state index in [0.717, 1.165) is 25.7 Å². The molecule has 2 heterocycles. The van der Waals surface area contributed by atoms with Crippen molar-refractivity contribution >= 4 is 28.8 Å². The summed E-state index contributed by atoms with van der Waals surface area (Å²) < 4.78 is 1.81. The zero-order chi connectivity index (χ0) is 30.6. The second-order valence-electron chi connectivity index (χ2n) is 12.0. The van der Waals surface area contributed by atoms with Gasteiger partial charge in [0.15, 0.2) is 17.0 Å². The van der Waals surface area contributed by atoms with Crippen LogP contribution in [0.3, 0.4) is 0 Å². The van der Waals surface area contributed by atoms with Crippen molar-refractivity contribution in [3.63, 3.8) is 0 Å². The van der Waals surface area contributed by atoms with E-state index < -0.39 is 24.3 Å². The second-order valence-corrected chi connectivity index (χ2v) is 12.0. The van der Waals surface area contributed by atoms with Gasteiger partial charge in [-0.05, 0) is 43.2 Å². The number of amides is 1. The van der Waals surface area contributed by atoms with Gasteiger partial charge >= 0.3 is 0 Å². The Morgan fingerprint density at radius 1 is 0.977 bits per heavy atom. The lowest BCUT2D eigenvalue weighted by Crippen LogP contribution is -2.42. The summed E-state index contributed by atoms with van der Waals surface area (Å²) in [7, 11) is 0. The van der Waals surface area contributed by atoms with Crippen molar-refractivity contribution in [1.29, 1.82) is 0 Å². The minimum atomic E-state index is -1.10. The van der Waals surface area contributed by atoms with Crippen LogP contribution >= 0.6 is 0 Å². The standard InChI is InChI=1S/C33H42N8O3/c1-2-27(42)38-25-17-26(30(44)29(25)43)41-19-36-28-31(39-33(40-32(28)41)37-23-15-13-22(34)14-16-23)35-18-24(20-9-5-3-6-10-20)21-11-7-4-8-12-21/h3-12,19,22-26,29-30,43-44H,2,13-18,34H2,1H3,(H,38,42)(H2,35,37,39,40)/t22?,23?,25-,26+,29+,30-/m0/s1. The number of nitrogens with one attached hydrogen (secondary N) is 3. The molecule has 11 heteroatoms. The number of nitrogens with two attached hydrogens (primary N) is 1. The number of aliphatic hydroxyl groups excluding tert-OH is 2. The van der Waals surface area contributed by atoms with Gasteiger partial charge in [-0.15, -0.1) is 0 Å². The van der Waals surface area contributed by atoms with Gasteiger partial charge in [-0.2, -0.15) is 9.97 Å². The quantitative estimate of drug-likeness (QED) is 0.161. The molecule has 2 aliphatic carbocycles. The molecular formula is C33H42N8O3. The Balaban J connectivity index is 1.34. The van der Waals surface area contributed by atoms with E-state index in [1.54, 1.807) is 13.3 Å². The van der Waals surface area contributed by atoms with E-state index in [0.29, 0.717) is 42.3 Å². The van der Waals surface area contributed by atoms with Crippen LogP contribution in [0.1, 0.15) is 68.5 Å². The van der Waals surface area contributed by atoms with E-state index in [4.69, 9.17) is 20.7 Å². The van der Waals surface area contributed by atoms with Gasteiger partial charge in [0, 0.05) is 31.0 Å². The highest BCUT2D eigenvalue weighted by atomic mass is 16.3. The fourth-order valence-corrected chi connectivity index (χ4v) is 6.53. The average Bonchev–Trinajstić information content (AvgIpc) is 3.59. The molecule has 6 rings (SSSR count). The van der Waals surface area contributed by atoms with Crippen molar-refractivity contribution in [3.05, 3.63) is 78.1 Å². The molecule has 2 aromatic carbocycles. The van der Waals surface area contributed by atoms with Gasteiger partial charge in [0.05, 0.1) is 18.4 Å². The van der Waals surface area contributed by atoms with Crippen molar-refractivity contribution < 1.29 is 15.0 Å². The van der Waals surface area contributed by atoms with Crippen LogP contribution in [0.25, 0.3) is 11.2 Å². The van der Waals surface area contributed by atoms with Crippen molar-refractivity contribution in [2.45, 2.75) is 87.7 Å². The maximum atomic E-state index is 12.1. The van der Waals surface area contributed by atoms with Gasteiger partial charge in [-0.1, -0.05) is 67.6 Å². The van der Waals surface area contributed by atoms with Gasteiger partial charge in [0.25, 0.3) is 0 Å². The fourth-order valence-electron chi connectivity index (χ4n) is 6.53. The second kappa shape index (κ2) is 13.3. The molecule has 232 valence electrons. The molecule has 0 spiro atoms. The van der Waals surface area contributed by atoms with Crippen LogP contribution in [0.2, 0.25) is 0 Å². The van der Waals surface area contributed by atoms with Crippen LogP contribution in [-0.4, -0.2) is 72.5 Å². The third-order valence-electron chi connectivity index (χ3n) is 9.08. The first kappa shape index (κ1) is 30.0. The molecule has 2 saturated carbocycles. The number of carbonyl (C=O) groups is 1. The molecule has 7 N–H and O–H groups in total. The highest BCUT2D eigenvalue weighted by Gasteiger charge is 2.43. The molecule has 1 amide bonds. The molecule has 0 saturated heterocycles. The molecule has 4 aromatic rings. The zero-order valence-electron chi connectivity index (χ0n) is 25.0. The van der Waals surface area contributed by atoms with E-state index in [1.807, 2.05) is 41.0 Å².